The molecule has 0 bridgehead atoms. The van der Waals surface area contributed by atoms with Gasteiger partial charge in [0.05, 0.1) is 0 Å². The zero-order valence-electron chi connectivity index (χ0n) is 20.3. The predicted molar refractivity (Wildman–Crippen MR) is 144 cm³/mol. The lowest BCUT2D eigenvalue weighted by Gasteiger charge is -2.33. The summed E-state index contributed by atoms with van der Waals surface area (Å²) in [4.78, 5) is 4.81. The van der Waals surface area contributed by atoms with Gasteiger partial charge in [-0.05, 0) is 54.2 Å². The van der Waals surface area contributed by atoms with Crippen molar-refractivity contribution in [3.63, 3.8) is 0 Å². The van der Waals surface area contributed by atoms with Gasteiger partial charge < -0.3 is 5.11 Å². The summed E-state index contributed by atoms with van der Waals surface area (Å²) in [6.07, 6.45) is 3.81. The van der Waals surface area contributed by atoms with Crippen molar-refractivity contribution in [2.75, 3.05) is 0 Å². The lowest BCUT2D eigenvalue weighted by atomic mass is 9.70. The van der Waals surface area contributed by atoms with Crippen molar-refractivity contribution in [1.29, 1.82) is 0 Å². The molecule has 1 N–H and O–H groups in total. The normalized spacial score (nSPS) is 11.9. The third-order valence-corrected chi connectivity index (χ3v) is 6.85. The second-order valence-electron chi connectivity index (χ2n) is 8.93. The van der Waals surface area contributed by atoms with Crippen molar-refractivity contribution < 1.29 is 5.11 Å². The highest BCUT2D eigenvalue weighted by Gasteiger charge is 2.34. The quantitative estimate of drug-likeness (QED) is 0.215. The first-order valence-electron chi connectivity index (χ1n) is 12.1. The SMILES string of the molecule is CCC(CC)N=Cc1cc(-c2ccccc2)cc(C(C)(c2ccccc2)c2ccccc2)c1O. The molecule has 0 saturated carbocycles. The molecule has 2 heteroatoms. The minimum atomic E-state index is -0.547. The van der Waals surface area contributed by atoms with E-state index >= 15 is 0 Å². The number of rotatable bonds is 8. The highest BCUT2D eigenvalue weighted by atomic mass is 16.3. The predicted octanol–water partition coefficient (Wildman–Crippen LogP) is 8.02. The summed E-state index contributed by atoms with van der Waals surface area (Å²) in [7, 11) is 0. The van der Waals surface area contributed by atoms with Gasteiger partial charge in [-0.3, -0.25) is 4.99 Å². The molecule has 2 nitrogen and oxygen atoms in total. The van der Waals surface area contributed by atoms with E-state index in [9.17, 15) is 5.11 Å². The van der Waals surface area contributed by atoms with Crippen LogP contribution in [0.15, 0.2) is 108 Å². The topological polar surface area (TPSA) is 32.6 Å². The maximum absolute atomic E-state index is 11.7. The van der Waals surface area contributed by atoms with Crippen LogP contribution in [0.2, 0.25) is 0 Å². The van der Waals surface area contributed by atoms with Gasteiger partial charge in [-0.15, -0.1) is 0 Å². The van der Waals surface area contributed by atoms with Crippen molar-refractivity contribution in [3.8, 4) is 16.9 Å². The Morgan fingerprint density at radius 2 is 1.24 bits per heavy atom. The first-order valence-corrected chi connectivity index (χ1v) is 12.1. The largest absolute Gasteiger partial charge is 0.507 e. The first-order chi connectivity index (χ1) is 16.6. The molecule has 0 aromatic heterocycles. The summed E-state index contributed by atoms with van der Waals surface area (Å²) >= 11 is 0. The van der Waals surface area contributed by atoms with Crippen LogP contribution < -0.4 is 0 Å². The van der Waals surface area contributed by atoms with Gasteiger partial charge in [0.15, 0.2) is 0 Å². The number of hydrogen-bond acceptors (Lipinski definition) is 2. The Morgan fingerprint density at radius 3 is 1.74 bits per heavy atom. The van der Waals surface area contributed by atoms with Crippen LogP contribution in [0.1, 0.15) is 55.9 Å². The van der Waals surface area contributed by atoms with E-state index in [2.05, 4.69) is 93.6 Å². The Bertz CT molecular complexity index is 1190. The summed E-state index contributed by atoms with van der Waals surface area (Å²) in [6, 6.07) is 35.6. The summed E-state index contributed by atoms with van der Waals surface area (Å²) in [5.41, 5.74) is 5.52. The van der Waals surface area contributed by atoms with Gasteiger partial charge >= 0.3 is 0 Å². The van der Waals surface area contributed by atoms with Crippen LogP contribution in [-0.2, 0) is 5.41 Å². The fourth-order valence-corrected chi connectivity index (χ4v) is 4.64. The molecule has 0 radical (unpaired) electrons. The van der Waals surface area contributed by atoms with Gasteiger partial charge in [0.1, 0.15) is 5.75 Å². The van der Waals surface area contributed by atoms with Crippen LogP contribution >= 0.6 is 0 Å². The van der Waals surface area contributed by atoms with Crippen LogP contribution in [0.4, 0.5) is 0 Å². The monoisotopic (exact) mass is 447 g/mol. The summed E-state index contributed by atoms with van der Waals surface area (Å²) in [5.74, 6) is 0.282. The minimum absolute atomic E-state index is 0.248. The molecule has 4 aromatic carbocycles. The molecule has 0 amide bonds. The van der Waals surface area contributed by atoms with E-state index in [0.717, 1.165) is 46.2 Å². The molecule has 0 heterocycles. The van der Waals surface area contributed by atoms with E-state index in [4.69, 9.17) is 4.99 Å². The molecule has 0 aliphatic heterocycles. The van der Waals surface area contributed by atoms with Crippen molar-refractivity contribution >= 4 is 6.21 Å². The third-order valence-electron chi connectivity index (χ3n) is 6.85. The molecule has 0 aliphatic rings. The number of benzene rings is 4. The van der Waals surface area contributed by atoms with E-state index in [0.29, 0.717) is 0 Å². The second kappa shape index (κ2) is 10.5. The van der Waals surface area contributed by atoms with Gasteiger partial charge in [0.25, 0.3) is 0 Å². The molecular weight excluding hydrogens is 414 g/mol. The highest BCUT2D eigenvalue weighted by molar-refractivity contribution is 5.88. The van der Waals surface area contributed by atoms with Crippen molar-refractivity contribution in [3.05, 3.63) is 125 Å². The van der Waals surface area contributed by atoms with Gasteiger partial charge in [-0.2, -0.15) is 0 Å². The lowest BCUT2D eigenvalue weighted by Crippen LogP contribution is -2.26. The molecule has 0 atom stereocenters. The maximum Gasteiger partial charge on any atom is 0.128 e. The van der Waals surface area contributed by atoms with Gasteiger partial charge in [-0.1, -0.05) is 105 Å². The van der Waals surface area contributed by atoms with Gasteiger partial charge in [0, 0.05) is 28.8 Å². The van der Waals surface area contributed by atoms with Crippen LogP contribution in [0, 0.1) is 0 Å². The second-order valence-corrected chi connectivity index (χ2v) is 8.93. The molecule has 4 rings (SSSR count). The van der Waals surface area contributed by atoms with Crippen molar-refractivity contribution in [2.45, 2.75) is 45.1 Å². The summed E-state index contributed by atoms with van der Waals surface area (Å²) in [5, 5.41) is 11.7. The molecule has 4 aromatic rings. The molecule has 0 aliphatic carbocycles. The minimum Gasteiger partial charge on any atom is -0.507 e. The Hall–Kier alpha value is -3.65. The van der Waals surface area contributed by atoms with Gasteiger partial charge in [-0.25, -0.2) is 0 Å². The van der Waals surface area contributed by atoms with E-state index in [1.807, 2.05) is 36.5 Å². The lowest BCUT2D eigenvalue weighted by molar-refractivity contribution is 0.456. The Labute approximate surface area is 203 Å². The molecule has 0 unspecified atom stereocenters. The van der Waals surface area contributed by atoms with Crippen molar-refractivity contribution in [1.82, 2.24) is 0 Å². The Morgan fingerprint density at radius 1 is 0.735 bits per heavy atom. The van der Waals surface area contributed by atoms with Crippen molar-refractivity contribution in [2.24, 2.45) is 4.99 Å². The Balaban J connectivity index is 2.00. The number of aromatic hydroxyl groups is 1. The number of aliphatic imine (C=N–C) groups is 1. The average Bonchev–Trinajstić information content (AvgIpc) is 2.91. The summed E-state index contributed by atoms with van der Waals surface area (Å²) in [6.45, 7) is 6.50. The van der Waals surface area contributed by atoms with E-state index in [-0.39, 0.29) is 11.8 Å². The fourth-order valence-electron chi connectivity index (χ4n) is 4.64. The number of nitrogens with zero attached hydrogens (tertiary/aromatic N) is 1. The molecule has 0 fully saturated rings. The number of phenols is 1. The van der Waals surface area contributed by atoms with Crippen LogP contribution in [0.5, 0.6) is 5.75 Å². The summed E-state index contributed by atoms with van der Waals surface area (Å²) < 4.78 is 0. The molecule has 0 spiro atoms. The van der Waals surface area contributed by atoms with Crippen LogP contribution in [-0.4, -0.2) is 17.4 Å². The zero-order valence-corrected chi connectivity index (χ0v) is 20.3. The van der Waals surface area contributed by atoms with Gasteiger partial charge in [0.2, 0.25) is 0 Å². The molecular formula is C32H33NO. The smallest absolute Gasteiger partial charge is 0.128 e. The van der Waals surface area contributed by atoms with Crippen LogP contribution in [0.25, 0.3) is 11.1 Å². The standard InChI is InChI=1S/C32H33NO/c1-4-29(5-2)33-23-26-21-25(24-15-9-6-10-16-24)22-30(31(26)34)32(3,27-17-11-7-12-18-27)28-19-13-8-14-20-28/h6-23,29,34H,4-5H2,1-3H3. The fraction of sp³-hybridized carbons (Fsp3) is 0.219. The zero-order chi connectivity index (χ0) is 24.0. The number of phenolic OH excluding ortho intramolecular Hbond substituents is 1. The third kappa shape index (κ3) is 4.68. The molecule has 172 valence electrons. The highest BCUT2D eigenvalue weighted by Crippen LogP contribution is 2.45. The number of hydrogen-bond donors (Lipinski definition) is 1. The van der Waals surface area contributed by atoms with Crippen LogP contribution in [0.3, 0.4) is 0 Å². The average molecular weight is 448 g/mol. The Kier molecular flexibility index (Phi) is 7.27. The maximum atomic E-state index is 11.7. The van der Waals surface area contributed by atoms with E-state index < -0.39 is 5.41 Å². The van der Waals surface area contributed by atoms with E-state index in [1.54, 1.807) is 0 Å². The first kappa shape index (κ1) is 23.5. The molecule has 34 heavy (non-hydrogen) atoms. The molecule has 0 saturated heterocycles. The van der Waals surface area contributed by atoms with E-state index in [1.165, 1.54) is 0 Å².